The third-order valence-corrected chi connectivity index (χ3v) is 4.06. The van der Waals surface area contributed by atoms with Crippen LogP contribution in [0.5, 0.6) is 0 Å². The summed E-state index contributed by atoms with van der Waals surface area (Å²) in [5.41, 5.74) is 1.90. The summed E-state index contributed by atoms with van der Waals surface area (Å²) in [6.45, 7) is 1.15. The second kappa shape index (κ2) is 7.59. The number of nitrogens with one attached hydrogen (secondary N) is 1. The van der Waals surface area contributed by atoms with Gasteiger partial charge in [-0.1, -0.05) is 48.5 Å². The molecule has 0 aliphatic carbocycles. The maximum absolute atomic E-state index is 12.1. The predicted molar refractivity (Wildman–Crippen MR) is 95.4 cm³/mol. The van der Waals surface area contributed by atoms with Gasteiger partial charge in [0.15, 0.2) is 0 Å². The van der Waals surface area contributed by atoms with Crippen LogP contribution in [0, 0.1) is 5.92 Å². The van der Waals surface area contributed by atoms with Crippen LogP contribution in [0.1, 0.15) is 12.0 Å². The Balaban J connectivity index is 1.50. The molecule has 1 fully saturated rings. The average Bonchev–Trinajstić information content (AvgIpc) is 3.00. The summed E-state index contributed by atoms with van der Waals surface area (Å²) in [5.74, 6) is 0.122. The Hall–Kier alpha value is -2.88. The van der Waals surface area contributed by atoms with Crippen LogP contribution < -0.4 is 10.2 Å². The summed E-state index contributed by atoms with van der Waals surface area (Å²) in [4.78, 5) is 25.8. The molecule has 1 N–H and O–H groups in total. The van der Waals surface area contributed by atoms with Crippen LogP contribution in [0.25, 0.3) is 6.08 Å². The number of benzene rings is 2. The molecule has 1 atom stereocenters. The Morgan fingerprint density at radius 3 is 2.46 bits per heavy atom. The fourth-order valence-corrected chi connectivity index (χ4v) is 2.82. The van der Waals surface area contributed by atoms with E-state index in [1.165, 1.54) is 6.08 Å². The SMILES string of the molecule is O=C(/C=C\c1ccccc1)NCC1CC(=O)N(c2ccccc2)C1. The molecular formula is C20H20N2O2. The van der Waals surface area contributed by atoms with Crippen molar-refractivity contribution in [1.29, 1.82) is 0 Å². The maximum atomic E-state index is 12.1. The standard InChI is InChI=1S/C20H20N2O2/c23-19(12-11-16-7-3-1-4-8-16)21-14-17-13-20(24)22(15-17)18-9-5-2-6-10-18/h1-12,17H,13-15H2,(H,21,23)/b12-11-. The minimum atomic E-state index is -0.135. The molecule has 0 saturated carbocycles. The van der Waals surface area contributed by atoms with Gasteiger partial charge < -0.3 is 10.2 Å². The van der Waals surface area contributed by atoms with Gasteiger partial charge in [-0.25, -0.2) is 0 Å². The van der Waals surface area contributed by atoms with Crippen LogP contribution >= 0.6 is 0 Å². The maximum Gasteiger partial charge on any atom is 0.244 e. The first kappa shape index (κ1) is 16.0. The van der Waals surface area contributed by atoms with Crippen molar-refractivity contribution >= 4 is 23.6 Å². The van der Waals surface area contributed by atoms with E-state index in [9.17, 15) is 9.59 Å². The fraction of sp³-hybridized carbons (Fsp3) is 0.200. The van der Waals surface area contributed by atoms with Crippen molar-refractivity contribution in [3.63, 3.8) is 0 Å². The molecule has 0 bridgehead atoms. The lowest BCUT2D eigenvalue weighted by molar-refractivity contribution is -0.118. The third-order valence-electron chi connectivity index (χ3n) is 4.06. The highest BCUT2D eigenvalue weighted by atomic mass is 16.2. The molecule has 2 aromatic rings. The summed E-state index contributed by atoms with van der Waals surface area (Å²) in [5, 5.41) is 2.88. The molecule has 2 aromatic carbocycles. The van der Waals surface area contributed by atoms with E-state index >= 15 is 0 Å². The minimum Gasteiger partial charge on any atom is -0.352 e. The van der Waals surface area contributed by atoms with Crippen molar-refractivity contribution < 1.29 is 9.59 Å². The Kier molecular flexibility index (Phi) is 5.06. The third kappa shape index (κ3) is 4.10. The first-order chi connectivity index (χ1) is 11.7. The van der Waals surface area contributed by atoms with E-state index in [2.05, 4.69) is 5.32 Å². The van der Waals surface area contributed by atoms with Gasteiger partial charge in [-0.15, -0.1) is 0 Å². The van der Waals surface area contributed by atoms with Gasteiger partial charge in [-0.3, -0.25) is 9.59 Å². The smallest absolute Gasteiger partial charge is 0.244 e. The summed E-state index contributed by atoms with van der Waals surface area (Å²) in [7, 11) is 0. The molecule has 4 nitrogen and oxygen atoms in total. The zero-order chi connectivity index (χ0) is 16.8. The zero-order valence-corrected chi connectivity index (χ0v) is 13.4. The largest absolute Gasteiger partial charge is 0.352 e. The van der Waals surface area contributed by atoms with Crippen LogP contribution in [0.2, 0.25) is 0 Å². The average molecular weight is 320 g/mol. The molecule has 1 saturated heterocycles. The van der Waals surface area contributed by atoms with Crippen molar-refractivity contribution in [2.24, 2.45) is 5.92 Å². The minimum absolute atomic E-state index is 0.111. The van der Waals surface area contributed by atoms with Gasteiger partial charge in [-0.2, -0.15) is 0 Å². The highest BCUT2D eigenvalue weighted by molar-refractivity contribution is 5.96. The predicted octanol–water partition coefficient (Wildman–Crippen LogP) is 2.87. The Morgan fingerprint density at radius 2 is 1.75 bits per heavy atom. The summed E-state index contributed by atoms with van der Waals surface area (Å²) >= 11 is 0. The Morgan fingerprint density at radius 1 is 1.08 bits per heavy atom. The molecular weight excluding hydrogens is 300 g/mol. The molecule has 0 aromatic heterocycles. The zero-order valence-electron chi connectivity index (χ0n) is 13.4. The molecule has 0 spiro atoms. The second-order valence-corrected chi connectivity index (χ2v) is 5.90. The highest BCUT2D eigenvalue weighted by Crippen LogP contribution is 2.24. The normalized spacial score (nSPS) is 17.4. The van der Waals surface area contributed by atoms with Crippen molar-refractivity contribution in [3.8, 4) is 0 Å². The number of hydrogen-bond donors (Lipinski definition) is 1. The van der Waals surface area contributed by atoms with E-state index in [0.717, 1.165) is 11.3 Å². The van der Waals surface area contributed by atoms with Crippen LogP contribution in [-0.2, 0) is 9.59 Å². The first-order valence-electron chi connectivity index (χ1n) is 8.09. The lowest BCUT2D eigenvalue weighted by atomic mass is 10.1. The molecule has 1 heterocycles. The van der Waals surface area contributed by atoms with Gasteiger partial charge >= 0.3 is 0 Å². The van der Waals surface area contributed by atoms with Crippen molar-refractivity contribution in [1.82, 2.24) is 5.32 Å². The van der Waals surface area contributed by atoms with E-state index in [-0.39, 0.29) is 17.7 Å². The molecule has 1 aliphatic rings. The quantitative estimate of drug-likeness (QED) is 0.861. The van der Waals surface area contributed by atoms with Gasteiger partial charge in [0.1, 0.15) is 0 Å². The second-order valence-electron chi connectivity index (χ2n) is 5.90. The van der Waals surface area contributed by atoms with Gasteiger partial charge in [0.05, 0.1) is 0 Å². The lowest BCUT2D eigenvalue weighted by Gasteiger charge is -2.16. The number of para-hydroxylation sites is 1. The molecule has 24 heavy (non-hydrogen) atoms. The molecule has 3 rings (SSSR count). The molecule has 2 amide bonds. The van der Waals surface area contributed by atoms with Gasteiger partial charge in [-0.05, 0) is 23.8 Å². The van der Waals surface area contributed by atoms with E-state index in [1.807, 2.05) is 60.7 Å². The van der Waals surface area contributed by atoms with Crippen molar-refractivity contribution in [3.05, 3.63) is 72.3 Å². The number of anilines is 1. The van der Waals surface area contributed by atoms with Gasteiger partial charge in [0.25, 0.3) is 0 Å². The van der Waals surface area contributed by atoms with Crippen LogP contribution in [-0.4, -0.2) is 24.9 Å². The molecule has 1 aliphatic heterocycles. The Labute approximate surface area is 141 Å². The Bertz CT molecular complexity index is 726. The highest BCUT2D eigenvalue weighted by Gasteiger charge is 2.30. The summed E-state index contributed by atoms with van der Waals surface area (Å²) < 4.78 is 0. The fourth-order valence-electron chi connectivity index (χ4n) is 2.82. The van der Waals surface area contributed by atoms with Crippen LogP contribution in [0.15, 0.2) is 66.7 Å². The number of nitrogens with zero attached hydrogens (tertiary/aromatic N) is 1. The van der Waals surface area contributed by atoms with Gasteiger partial charge in [0.2, 0.25) is 11.8 Å². The van der Waals surface area contributed by atoms with E-state index in [4.69, 9.17) is 0 Å². The van der Waals surface area contributed by atoms with Crippen LogP contribution in [0.4, 0.5) is 5.69 Å². The number of carbonyl (C=O) groups excluding carboxylic acids is 2. The number of carbonyl (C=O) groups is 2. The van der Waals surface area contributed by atoms with Crippen molar-refractivity contribution in [2.75, 3.05) is 18.0 Å². The number of hydrogen-bond acceptors (Lipinski definition) is 2. The lowest BCUT2D eigenvalue weighted by Crippen LogP contribution is -2.30. The topological polar surface area (TPSA) is 49.4 Å². The van der Waals surface area contributed by atoms with E-state index in [0.29, 0.717) is 19.5 Å². The molecule has 1 unspecified atom stereocenters. The van der Waals surface area contributed by atoms with E-state index < -0.39 is 0 Å². The first-order valence-corrected chi connectivity index (χ1v) is 8.09. The number of amides is 2. The summed E-state index contributed by atoms with van der Waals surface area (Å²) in [6.07, 6.45) is 3.78. The van der Waals surface area contributed by atoms with E-state index in [1.54, 1.807) is 11.0 Å². The van der Waals surface area contributed by atoms with Gasteiger partial charge in [0, 0.05) is 37.2 Å². The number of rotatable bonds is 5. The monoisotopic (exact) mass is 320 g/mol. The van der Waals surface area contributed by atoms with Crippen molar-refractivity contribution in [2.45, 2.75) is 6.42 Å². The van der Waals surface area contributed by atoms with Crippen LogP contribution in [0.3, 0.4) is 0 Å². The molecule has 122 valence electrons. The molecule has 4 heteroatoms. The summed E-state index contributed by atoms with van der Waals surface area (Å²) in [6, 6.07) is 19.3. The molecule has 0 radical (unpaired) electrons.